The third-order valence-corrected chi connectivity index (χ3v) is 2.29. The summed E-state index contributed by atoms with van der Waals surface area (Å²) >= 11 is 2.94. The standard InChI is InChI=1S/C10H8BrFO3/c1-2-15-10(14)9(13)6-3-4-7(11)8(12)5-6/h3-5H,2H2,1H3. The Morgan fingerprint density at radius 1 is 1.47 bits per heavy atom. The maximum absolute atomic E-state index is 13.0. The van der Waals surface area contributed by atoms with E-state index in [2.05, 4.69) is 20.7 Å². The monoisotopic (exact) mass is 274 g/mol. The van der Waals surface area contributed by atoms with Crippen LogP contribution in [0.5, 0.6) is 0 Å². The van der Waals surface area contributed by atoms with Gasteiger partial charge in [0.05, 0.1) is 11.1 Å². The van der Waals surface area contributed by atoms with Gasteiger partial charge in [-0.05, 0) is 41.1 Å². The van der Waals surface area contributed by atoms with Crippen LogP contribution in [-0.4, -0.2) is 18.4 Å². The number of carbonyl (C=O) groups is 2. The summed E-state index contributed by atoms with van der Waals surface area (Å²) in [4.78, 5) is 22.4. The lowest BCUT2D eigenvalue weighted by molar-refractivity contribution is -0.137. The molecule has 80 valence electrons. The highest BCUT2D eigenvalue weighted by molar-refractivity contribution is 9.10. The van der Waals surface area contributed by atoms with E-state index < -0.39 is 17.6 Å². The molecule has 3 nitrogen and oxygen atoms in total. The number of ether oxygens (including phenoxy) is 1. The Morgan fingerprint density at radius 2 is 2.13 bits per heavy atom. The van der Waals surface area contributed by atoms with Crippen LogP contribution in [0.2, 0.25) is 0 Å². The van der Waals surface area contributed by atoms with Crippen molar-refractivity contribution in [1.29, 1.82) is 0 Å². The Kier molecular flexibility index (Phi) is 3.96. The maximum atomic E-state index is 13.0. The molecule has 0 unspecified atom stereocenters. The second-order valence-corrected chi connectivity index (χ2v) is 3.53. The van der Waals surface area contributed by atoms with Crippen LogP contribution in [0.3, 0.4) is 0 Å². The molecule has 0 fully saturated rings. The zero-order chi connectivity index (χ0) is 11.4. The number of hydrogen-bond donors (Lipinski definition) is 0. The fourth-order valence-electron chi connectivity index (χ4n) is 0.952. The van der Waals surface area contributed by atoms with Gasteiger partial charge >= 0.3 is 5.97 Å². The number of rotatable bonds is 3. The molecule has 0 aliphatic heterocycles. The van der Waals surface area contributed by atoms with E-state index in [1.807, 2.05) is 0 Å². The average Bonchev–Trinajstić information content (AvgIpc) is 2.21. The minimum absolute atomic E-state index is 0.0193. The molecular weight excluding hydrogens is 267 g/mol. The van der Waals surface area contributed by atoms with Crippen molar-refractivity contribution in [3.63, 3.8) is 0 Å². The van der Waals surface area contributed by atoms with Crippen molar-refractivity contribution < 1.29 is 18.7 Å². The van der Waals surface area contributed by atoms with Crippen molar-refractivity contribution in [2.45, 2.75) is 6.92 Å². The zero-order valence-corrected chi connectivity index (χ0v) is 9.51. The Bertz CT molecular complexity index is 404. The summed E-state index contributed by atoms with van der Waals surface area (Å²) in [5.74, 6) is -2.41. The van der Waals surface area contributed by atoms with Crippen molar-refractivity contribution in [2.24, 2.45) is 0 Å². The van der Waals surface area contributed by atoms with Gasteiger partial charge in [-0.25, -0.2) is 9.18 Å². The van der Waals surface area contributed by atoms with Crippen molar-refractivity contribution >= 4 is 27.7 Å². The topological polar surface area (TPSA) is 43.4 Å². The first kappa shape index (κ1) is 11.8. The molecule has 0 aromatic heterocycles. The predicted molar refractivity (Wildman–Crippen MR) is 55.1 cm³/mol. The van der Waals surface area contributed by atoms with Gasteiger partial charge in [0.1, 0.15) is 5.82 Å². The number of carbonyl (C=O) groups excluding carboxylic acids is 2. The van der Waals surface area contributed by atoms with Crippen molar-refractivity contribution in [1.82, 2.24) is 0 Å². The van der Waals surface area contributed by atoms with E-state index in [4.69, 9.17) is 0 Å². The lowest BCUT2D eigenvalue weighted by Gasteiger charge is -2.01. The fraction of sp³-hybridized carbons (Fsp3) is 0.200. The molecule has 1 rings (SSSR count). The predicted octanol–water partition coefficient (Wildman–Crippen LogP) is 2.33. The molecule has 0 aliphatic carbocycles. The highest BCUT2D eigenvalue weighted by Gasteiger charge is 2.18. The normalized spacial score (nSPS) is 9.80. The summed E-state index contributed by atoms with van der Waals surface area (Å²) < 4.78 is 17.8. The number of halogens is 2. The minimum Gasteiger partial charge on any atom is -0.460 e. The van der Waals surface area contributed by atoms with E-state index in [1.165, 1.54) is 12.1 Å². The largest absolute Gasteiger partial charge is 0.460 e. The number of Topliss-reactive ketones (excluding diaryl/α,β-unsaturated/α-hetero) is 1. The first-order chi connectivity index (χ1) is 7.06. The molecule has 0 bridgehead atoms. The molecule has 1 aromatic carbocycles. The molecular formula is C10H8BrFO3. The Balaban J connectivity index is 2.92. The molecule has 5 heteroatoms. The van der Waals surface area contributed by atoms with Gasteiger partial charge in [-0.15, -0.1) is 0 Å². The van der Waals surface area contributed by atoms with Crippen LogP contribution < -0.4 is 0 Å². The zero-order valence-electron chi connectivity index (χ0n) is 7.92. The number of benzene rings is 1. The lowest BCUT2D eigenvalue weighted by atomic mass is 10.1. The molecule has 0 saturated heterocycles. The van der Waals surface area contributed by atoms with E-state index in [9.17, 15) is 14.0 Å². The van der Waals surface area contributed by atoms with Crippen molar-refractivity contribution in [3.8, 4) is 0 Å². The van der Waals surface area contributed by atoms with Crippen LogP contribution in [0.1, 0.15) is 17.3 Å². The van der Waals surface area contributed by atoms with E-state index in [1.54, 1.807) is 6.92 Å². The smallest absolute Gasteiger partial charge is 0.379 e. The molecule has 0 amide bonds. The van der Waals surface area contributed by atoms with E-state index in [-0.39, 0.29) is 16.6 Å². The molecule has 0 aliphatic rings. The molecule has 1 aromatic rings. The summed E-state index contributed by atoms with van der Waals surface area (Å²) in [7, 11) is 0. The molecule has 0 saturated carbocycles. The molecule has 0 N–H and O–H groups in total. The van der Waals surface area contributed by atoms with Crippen molar-refractivity contribution in [3.05, 3.63) is 34.1 Å². The summed E-state index contributed by atoms with van der Waals surface area (Å²) in [5, 5.41) is 0. The van der Waals surface area contributed by atoms with Crippen LogP contribution in [-0.2, 0) is 9.53 Å². The first-order valence-electron chi connectivity index (χ1n) is 4.22. The van der Waals surface area contributed by atoms with Crippen LogP contribution >= 0.6 is 15.9 Å². The van der Waals surface area contributed by atoms with Gasteiger partial charge in [-0.2, -0.15) is 0 Å². The average molecular weight is 275 g/mol. The first-order valence-corrected chi connectivity index (χ1v) is 5.02. The van der Waals surface area contributed by atoms with Crippen molar-refractivity contribution in [2.75, 3.05) is 6.61 Å². The van der Waals surface area contributed by atoms with Crippen LogP contribution in [0.4, 0.5) is 4.39 Å². The Hall–Kier alpha value is -1.23. The van der Waals surface area contributed by atoms with Gasteiger partial charge in [0.15, 0.2) is 0 Å². The summed E-state index contributed by atoms with van der Waals surface area (Å²) in [6.45, 7) is 1.71. The van der Waals surface area contributed by atoms with Gasteiger partial charge < -0.3 is 4.74 Å². The Morgan fingerprint density at radius 3 is 2.67 bits per heavy atom. The highest BCUT2D eigenvalue weighted by atomic mass is 79.9. The third-order valence-electron chi connectivity index (χ3n) is 1.64. The maximum Gasteiger partial charge on any atom is 0.379 e. The molecule has 0 spiro atoms. The molecule has 0 radical (unpaired) electrons. The summed E-state index contributed by atoms with van der Waals surface area (Å²) in [5.41, 5.74) is -0.0193. The third kappa shape index (κ3) is 2.86. The second-order valence-electron chi connectivity index (χ2n) is 2.68. The minimum atomic E-state index is -0.973. The van der Waals surface area contributed by atoms with Gasteiger partial charge in [-0.3, -0.25) is 4.79 Å². The molecule has 0 heterocycles. The fourth-order valence-corrected chi connectivity index (χ4v) is 1.20. The number of ketones is 1. The van der Waals surface area contributed by atoms with E-state index >= 15 is 0 Å². The van der Waals surface area contributed by atoms with Gasteiger partial charge in [0.2, 0.25) is 0 Å². The summed E-state index contributed by atoms with van der Waals surface area (Å²) in [6.07, 6.45) is 0. The molecule has 0 atom stereocenters. The van der Waals surface area contributed by atoms with Crippen LogP contribution in [0, 0.1) is 5.82 Å². The van der Waals surface area contributed by atoms with Gasteiger partial charge in [-0.1, -0.05) is 0 Å². The van der Waals surface area contributed by atoms with E-state index in [0.29, 0.717) is 0 Å². The van der Waals surface area contributed by atoms with Gasteiger partial charge in [0, 0.05) is 5.56 Å². The van der Waals surface area contributed by atoms with Crippen LogP contribution in [0.25, 0.3) is 0 Å². The number of hydrogen-bond acceptors (Lipinski definition) is 3. The number of esters is 1. The lowest BCUT2D eigenvalue weighted by Crippen LogP contribution is -2.17. The quantitative estimate of drug-likeness (QED) is 0.483. The summed E-state index contributed by atoms with van der Waals surface area (Å²) in [6, 6.07) is 3.71. The van der Waals surface area contributed by atoms with Gasteiger partial charge in [0.25, 0.3) is 5.78 Å². The highest BCUT2D eigenvalue weighted by Crippen LogP contribution is 2.16. The SMILES string of the molecule is CCOC(=O)C(=O)c1ccc(Br)c(F)c1. The van der Waals surface area contributed by atoms with E-state index in [0.717, 1.165) is 6.07 Å². The second kappa shape index (κ2) is 5.02. The van der Waals surface area contributed by atoms with Crippen LogP contribution in [0.15, 0.2) is 22.7 Å². The Labute approximate surface area is 94.4 Å². The molecule has 15 heavy (non-hydrogen) atoms.